The number of ether oxygens (including phenoxy) is 1. The topological polar surface area (TPSA) is 31.2 Å². The quantitative estimate of drug-likeness (QED) is 0.672. The number of carbonyl (C=O) groups excluding carboxylic acids is 1. The van der Waals surface area contributed by atoms with Crippen molar-refractivity contribution in [3.63, 3.8) is 0 Å². The van der Waals surface area contributed by atoms with Gasteiger partial charge < -0.3 is 4.74 Å². The van der Waals surface area contributed by atoms with Gasteiger partial charge in [0.1, 0.15) is 11.3 Å². The Hall–Kier alpha value is -2.21. The van der Waals surface area contributed by atoms with Crippen molar-refractivity contribution in [2.75, 3.05) is 0 Å². The van der Waals surface area contributed by atoms with Crippen LogP contribution < -0.4 is 0 Å². The number of nitrogens with zero attached hydrogens (tertiary/aromatic N) is 1. The monoisotopic (exact) mass is 269 g/mol. The van der Waals surface area contributed by atoms with Crippen LogP contribution in [-0.4, -0.2) is 16.3 Å². The lowest BCUT2D eigenvalue weighted by atomic mass is 10.2. The normalized spacial score (nSPS) is 11.0. The second-order valence-corrected chi connectivity index (χ2v) is 5.56. The van der Waals surface area contributed by atoms with E-state index in [1.807, 2.05) is 58.0 Å². The van der Waals surface area contributed by atoms with Crippen LogP contribution in [0.15, 0.2) is 30.3 Å². The lowest BCUT2D eigenvalue weighted by molar-refractivity contribution is 0.0543. The van der Waals surface area contributed by atoms with Gasteiger partial charge in [-0.2, -0.15) is 0 Å². The third-order valence-corrected chi connectivity index (χ3v) is 2.68. The minimum absolute atomic E-state index is 0.390. The molecule has 0 fully saturated rings. The second-order valence-electron chi connectivity index (χ2n) is 5.56. The number of hydrogen-bond acceptors (Lipinski definition) is 2. The lowest BCUT2D eigenvalue weighted by Crippen LogP contribution is -2.27. The molecule has 104 valence electrons. The highest BCUT2D eigenvalue weighted by atomic mass is 16.6. The molecule has 20 heavy (non-hydrogen) atoms. The minimum atomic E-state index is -0.530. The maximum atomic E-state index is 12.4. The number of fused-ring (bicyclic) bond motifs is 1. The van der Waals surface area contributed by atoms with E-state index in [1.54, 1.807) is 4.57 Å². The zero-order valence-corrected chi connectivity index (χ0v) is 12.4. The first-order valence-corrected chi connectivity index (χ1v) is 6.75. The maximum absolute atomic E-state index is 12.4. The molecule has 0 aliphatic carbocycles. The van der Waals surface area contributed by atoms with Crippen LogP contribution in [0.1, 0.15) is 39.8 Å². The Bertz CT molecular complexity index is 693. The van der Waals surface area contributed by atoms with Gasteiger partial charge in [-0.25, -0.2) is 9.36 Å². The summed E-state index contributed by atoms with van der Waals surface area (Å²) < 4.78 is 7.01. The number of hydrogen-bond donors (Lipinski definition) is 0. The van der Waals surface area contributed by atoms with Crippen molar-refractivity contribution in [3.05, 3.63) is 36.0 Å². The molecule has 0 radical (unpaired) electrons. The fraction of sp³-hybridized carbons (Fsp3) is 0.353. The molecular formula is C17H19NO2. The molecule has 2 rings (SSSR count). The predicted molar refractivity (Wildman–Crippen MR) is 80.7 cm³/mol. The SMILES string of the molecule is CCC#Cc1cc2ccccc2n1C(=O)OC(C)(C)C. The first-order valence-electron chi connectivity index (χ1n) is 6.75. The molecule has 0 saturated carbocycles. The Labute approximate surface area is 119 Å². The number of carbonyl (C=O) groups is 1. The summed E-state index contributed by atoms with van der Waals surface area (Å²) in [4.78, 5) is 12.4. The number of rotatable bonds is 0. The van der Waals surface area contributed by atoms with Crippen LogP contribution in [-0.2, 0) is 4.74 Å². The average molecular weight is 269 g/mol. The Kier molecular flexibility index (Phi) is 3.85. The number of para-hydroxylation sites is 1. The van der Waals surface area contributed by atoms with Crippen molar-refractivity contribution in [3.8, 4) is 11.8 Å². The van der Waals surface area contributed by atoms with Crippen LogP contribution in [0.2, 0.25) is 0 Å². The fourth-order valence-corrected chi connectivity index (χ4v) is 1.93. The molecular weight excluding hydrogens is 250 g/mol. The van der Waals surface area contributed by atoms with Crippen molar-refractivity contribution < 1.29 is 9.53 Å². The summed E-state index contributed by atoms with van der Waals surface area (Å²) in [6, 6.07) is 9.63. The standard InChI is InChI=1S/C17H19NO2/c1-5-6-10-14-12-13-9-7-8-11-15(13)18(14)16(19)20-17(2,3)4/h7-9,11-12H,5H2,1-4H3. The highest BCUT2D eigenvalue weighted by Crippen LogP contribution is 2.21. The zero-order valence-electron chi connectivity index (χ0n) is 12.4. The van der Waals surface area contributed by atoms with Gasteiger partial charge in [0.15, 0.2) is 0 Å². The van der Waals surface area contributed by atoms with Gasteiger partial charge in [-0.3, -0.25) is 0 Å². The Morgan fingerprint density at radius 2 is 2.00 bits per heavy atom. The van der Waals surface area contributed by atoms with Gasteiger partial charge in [-0.15, -0.1) is 0 Å². The Morgan fingerprint density at radius 1 is 1.30 bits per heavy atom. The smallest absolute Gasteiger partial charge is 0.420 e. The van der Waals surface area contributed by atoms with E-state index in [1.165, 1.54) is 0 Å². The van der Waals surface area contributed by atoms with E-state index in [4.69, 9.17) is 4.74 Å². The maximum Gasteiger partial charge on any atom is 0.420 e. The first-order chi connectivity index (χ1) is 9.42. The molecule has 0 unspecified atom stereocenters. The van der Waals surface area contributed by atoms with Crippen molar-refractivity contribution in [2.45, 2.75) is 39.7 Å². The second kappa shape index (κ2) is 5.42. The molecule has 0 bridgehead atoms. The van der Waals surface area contributed by atoms with Gasteiger partial charge in [-0.1, -0.05) is 31.0 Å². The minimum Gasteiger partial charge on any atom is -0.443 e. The van der Waals surface area contributed by atoms with Crippen molar-refractivity contribution in [1.29, 1.82) is 0 Å². The van der Waals surface area contributed by atoms with Crippen LogP contribution in [0.4, 0.5) is 4.79 Å². The van der Waals surface area contributed by atoms with Crippen molar-refractivity contribution >= 4 is 17.0 Å². The van der Waals surface area contributed by atoms with Crippen LogP contribution in [0.25, 0.3) is 10.9 Å². The molecule has 3 heteroatoms. The molecule has 1 heterocycles. The van der Waals surface area contributed by atoms with Gasteiger partial charge in [0, 0.05) is 11.8 Å². The molecule has 0 spiro atoms. The highest BCUT2D eigenvalue weighted by Gasteiger charge is 2.21. The summed E-state index contributed by atoms with van der Waals surface area (Å²) >= 11 is 0. The van der Waals surface area contributed by atoms with E-state index in [2.05, 4.69) is 11.8 Å². The highest BCUT2D eigenvalue weighted by molar-refractivity contribution is 5.92. The molecule has 0 N–H and O–H groups in total. The predicted octanol–water partition coefficient (Wildman–Crippen LogP) is 4.19. The summed E-state index contributed by atoms with van der Waals surface area (Å²) in [5.41, 5.74) is 0.960. The van der Waals surface area contributed by atoms with E-state index in [0.717, 1.165) is 17.3 Å². The van der Waals surface area contributed by atoms with Gasteiger partial charge >= 0.3 is 6.09 Å². The molecule has 0 saturated heterocycles. The number of benzene rings is 1. The molecule has 0 atom stereocenters. The molecule has 3 nitrogen and oxygen atoms in total. The van der Waals surface area contributed by atoms with E-state index in [9.17, 15) is 4.79 Å². The molecule has 2 aromatic rings. The Balaban J connectivity index is 2.56. The van der Waals surface area contributed by atoms with E-state index in [0.29, 0.717) is 5.69 Å². The molecule has 0 aliphatic rings. The van der Waals surface area contributed by atoms with Crippen molar-refractivity contribution in [2.24, 2.45) is 0 Å². The van der Waals surface area contributed by atoms with Crippen LogP contribution in [0.3, 0.4) is 0 Å². The zero-order chi connectivity index (χ0) is 14.8. The summed E-state index contributed by atoms with van der Waals surface area (Å²) in [5.74, 6) is 6.04. The van der Waals surface area contributed by atoms with Gasteiger partial charge in [0.25, 0.3) is 0 Å². The average Bonchev–Trinajstić information content (AvgIpc) is 2.72. The first kappa shape index (κ1) is 14.2. The fourth-order valence-electron chi connectivity index (χ4n) is 1.93. The molecule has 0 aliphatic heterocycles. The van der Waals surface area contributed by atoms with Gasteiger partial charge in [-0.05, 0) is 38.8 Å². The van der Waals surface area contributed by atoms with Gasteiger partial charge in [0.2, 0.25) is 0 Å². The van der Waals surface area contributed by atoms with Crippen LogP contribution >= 0.6 is 0 Å². The lowest BCUT2D eigenvalue weighted by Gasteiger charge is -2.20. The van der Waals surface area contributed by atoms with E-state index < -0.39 is 5.60 Å². The summed E-state index contributed by atoms with van der Waals surface area (Å²) in [5, 5.41) is 0.985. The van der Waals surface area contributed by atoms with Crippen LogP contribution in [0.5, 0.6) is 0 Å². The summed E-state index contributed by atoms with van der Waals surface area (Å²) in [6.07, 6.45) is 0.356. The largest absolute Gasteiger partial charge is 0.443 e. The number of aromatic nitrogens is 1. The van der Waals surface area contributed by atoms with E-state index in [-0.39, 0.29) is 6.09 Å². The summed E-state index contributed by atoms with van der Waals surface area (Å²) in [6.45, 7) is 7.55. The van der Waals surface area contributed by atoms with Crippen molar-refractivity contribution in [1.82, 2.24) is 4.57 Å². The van der Waals surface area contributed by atoms with Gasteiger partial charge in [0.05, 0.1) is 5.52 Å². The summed E-state index contributed by atoms with van der Waals surface area (Å²) in [7, 11) is 0. The van der Waals surface area contributed by atoms with E-state index >= 15 is 0 Å². The van der Waals surface area contributed by atoms with Crippen LogP contribution in [0, 0.1) is 11.8 Å². The Morgan fingerprint density at radius 3 is 2.65 bits per heavy atom. The molecule has 1 aromatic heterocycles. The third kappa shape index (κ3) is 3.03. The third-order valence-electron chi connectivity index (χ3n) is 2.68. The molecule has 1 aromatic carbocycles. The molecule has 0 amide bonds.